The summed E-state index contributed by atoms with van der Waals surface area (Å²) >= 11 is 0. The van der Waals surface area contributed by atoms with Crippen molar-refractivity contribution in [2.45, 2.75) is 12.3 Å². The molecule has 8 aromatic rings. The number of hydrogen-bond donors (Lipinski definition) is 2. The summed E-state index contributed by atoms with van der Waals surface area (Å²) < 4.78 is 4.96. The van der Waals surface area contributed by atoms with Crippen LogP contribution in [0.25, 0.3) is 65.8 Å². The van der Waals surface area contributed by atoms with Crippen molar-refractivity contribution < 1.29 is 0 Å². The minimum Gasteiger partial charge on any atom is -0.352 e. The van der Waals surface area contributed by atoms with Crippen LogP contribution in [0.15, 0.2) is 163 Å². The van der Waals surface area contributed by atoms with Crippen LogP contribution in [0.2, 0.25) is 0 Å². The van der Waals surface area contributed by atoms with E-state index in [4.69, 9.17) is 0 Å². The van der Waals surface area contributed by atoms with Gasteiger partial charge >= 0.3 is 0 Å². The van der Waals surface area contributed by atoms with E-state index < -0.39 is 0 Å². The molecule has 0 saturated heterocycles. The number of nitrogens with one attached hydrogen (secondary N) is 2. The van der Waals surface area contributed by atoms with Gasteiger partial charge in [-0.1, -0.05) is 133 Å². The molecule has 4 heteroatoms. The van der Waals surface area contributed by atoms with E-state index in [1.165, 1.54) is 71.2 Å². The average molecular weight is 591 g/mol. The summed E-state index contributed by atoms with van der Waals surface area (Å²) in [7, 11) is 0. The molecular formula is C42H30N4. The number of hydrogen-bond acceptors (Lipinski definition) is 2. The Morgan fingerprint density at radius 2 is 1.11 bits per heavy atom. The highest BCUT2D eigenvalue weighted by atomic mass is 15.3. The average Bonchev–Trinajstić information content (AvgIpc) is 3.66. The first-order valence-corrected chi connectivity index (χ1v) is 16.0. The van der Waals surface area contributed by atoms with Crippen LogP contribution in [0.4, 0.5) is 0 Å². The number of rotatable bonds is 3. The first-order chi connectivity index (χ1) is 22.9. The number of aromatic nitrogens is 2. The number of nitrogens with zero attached hydrogens (tertiary/aromatic N) is 2. The van der Waals surface area contributed by atoms with Gasteiger partial charge in [-0.2, -0.15) is 0 Å². The quantitative estimate of drug-likeness (QED) is 0.215. The van der Waals surface area contributed by atoms with Gasteiger partial charge in [0.15, 0.2) is 6.29 Å². The van der Waals surface area contributed by atoms with E-state index in [0.717, 1.165) is 5.70 Å². The molecule has 2 N–H and O–H groups in total. The second kappa shape index (κ2) is 9.83. The first-order valence-electron chi connectivity index (χ1n) is 16.0. The van der Waals surface area contributed by atoms with Gasteiger partial charge in [0.1, 0.15) is 0 Å². The number of para-hydroxylation sites is 3. The van der Waals surface area contributed by atoms with Crippen molar-refractivity contribution in [3.05, 3.63) is 169 Å². The molecule has 0 spiro atoms. The van der Waals surface area contributed by atoms with Gasteiger partial charge in [-0.05, 0) is 35.4 Å². The van der Waals surface area contributed by atoms with Crippen LogP contribution < -0.4 is 10.6 Å². The van der Waals surface area contributed by atoms with Crippen molar-refractivity contribution in [3.8, 4) is 5.69 Å². The fraction of sp³-hybridized carbons (Fsp3) is 0.0476. The number of benzene rings is 6. The van der Waals surface area contributed by atoms with Crippen molar-refractivity contribution in [2.24, 2.45) is 0 Å². The maximum Gasteiger partial charge on any atom is 0.160 e. The van der Waals surface area contributed by atoms with Crippen molar-refractivity contribution >= 4 is 60.1 Å². The van der Waals surface area contributed by atoms with Gasteiger partial charge in [0.05, 0.1) is 28.1 Å². The highest BCUT2D eigenvalue weighted by molar-refractivity contribution is 6.37. The molecule has 2 atom stereocenters. The van der Waals surface area contributed by atoms with E-state index in [1.54, 1.807) is 0 Å². The molecule has 46 heavy (non-hydrogen) atoms. The Labute approximate surface area is 266 Å². The Balaban J connectivity index is 1.36. The second-order valence-corrected chi connectivity index (χ2v) is 12.2. The highest BCUT2D eigenvalue weighted by Gasteiger charge is 2.31. The maximum absolute atomic E-state index is 3.98. The molecule has 10 rings (SSSR count). The standard InChI is InChI=1S/C42H30N4/c1-3-15-27(16-4-1)39-31-21-9-12-24-34(31)43-42(44-39)46-36-26-14-11-23-33(36)38-37-32-22-10-13-25-35(32)45(28-17-5-2-6-18-28)40(37)29-19-7-8-20-30(29)41(38)46/h1-26,34,42-44H. The Hall–Kier alpha value is -5.84. The molecular weight excluding hydrogens is 560 g/mol. The third-order valence-corrected chi connectivity index (χ3v) is 9.74. The van der Waals surface area contributed by atoms with Crippen LogP contribution in [0.5, 0.6) is 0 Å². The van der Waals surface area contributed by atoms with Crippen molar-refractivity contribution in [2.75, 3.05) is 0 Å². The van der Waals surface area contributed by atoms with Crippen LogP contribution >= 0.6 is 0 Å². The lowest BCUT2D eigenvalue weighted by Crippen LogP contribution is -2.48. The van der Waals surface area contributed by atoms with Gasteiger partial charge in [-0.3, -0.25) is 5.32 Å². The van der Waals surface area contributed by atoms with E-state index in [1.807, 2.05) is 0 Å². The molecule has 0 saturated carbocycles. The summed E-state index contributed by atoms with van der Waals surface area (Å²) in [6.45, 7) is 0. The zero-order valence-electron chi connectivity index (χ0n) is 25.1. The second-order valence-electron chi connectivity index (χ2n) is 12.2. The Kier molecular flexibility index (Phi) is 5.45. The van der Waals surface area contributed by atoms with E-state index in [-0.39, 0.29) is 12.3 Å². The summed E-state index contributed by atoms with van der Waals surface area (Å²) in [4.78, 5) is 0. The van der Waals surface area contributed by atoms with Crippen LogP contribution in [0, 0.1) is 0 Å². The number of allylic oxidation sites excluding steroid dienone is 2. The molecule has 4 nitrogen and oxygen atoms in total. The molecule has 6 aromatic carbocycles. The summed E-state index contributed by atoms with van der Waals surface area (Å²) in [6.07, 6.45) is 8.59. The highest BCUT2D eigenvalue weighted by Crippen LogP contribution is 2.47. The summed E-state index contributed by atoms with van der Waals surface area (Å²) in [5, 5.41) is 15.5. The Morgan fingerprint density at radius 1 is 0.522 bits per heavy atom. The zero-order valence-corrected chi connectivity index (χ0v) is 25.1. The lowest BCUT2D eigenvalue weighted by atomic mass is 9.94. The molecule has 3 heterocycles. The number of fused-ring (bicyclic) bond motifs is 11. The van der Waals surface area contributed by atoms with E-state index in [9.17, 15) is 0 Å². The molecule has 1 aliphatic carbocycles. The molecule has 2 aliphatic rings. The third-order valence-electron chi connectivity index (χ3n) is 9.74. The third kappa shape index (κ3) is 3.53. The van der Waals surface area contributed by atoms with E-state index in [0.29, 0.717) is 0 Å². The molecule has 1 aliphatic heterocycles. The van der Waals surface area contributed by atoms with Gasteiger partial charge in [-0.15, -0.1) is 0 Å². The zero-order chi connectivity index (χ0) is 30.2. The van der Waals surface area contributed by atoms with Crippen LogP contribution in [-0.2, 0) is 0 Å². The van der Waals surface area contributed by atoms with Crippen LogP contribution in [-0.4, -0.2) is 15.2 Å². The Morgan fingerprint density at radius 3 is 1.87 bits per heavy atom. The predicted molar refractivity (Wildman–Crippen MR) is 192 cm³/mol. The minimum absolute atomic E-state index is 0.0812. The topological polar surface area (TPSA) is 33.9 Å². The van der Waals surface area contributed by atoms with Crippen molar-refractivity contribution in [3.63, 3.8) is 0 Å². The molecule has 2 aromatic heterocycles. The molecule has 0 amide bonds. The van der Waals surface area contributed by atoms with Gasteiger partial charge in [0.2, 0.25) is 0 Å². The smallest absolute Gasteiger partial charge is 0.160 e. The SMILES string of the molecule is C1=CC2=C(c3ccccc3)NC(n3c4ccccc4c4c5c6ccccc6n(-c6ccccc6)c5c5ccccc5c43)NC2C=C1. The van der Waals surface area contributed by atoms with Gasteiger partial charge in [-0.25, -0.2) is 0 Å². The predicted octanol–water partition coefficient (Wildman–Crippen LogP) is 9.60. The fourth-order valence-electron chi connectivity index (χ4n) is 7.89. The molecule has 0 radical (unpaired) electrons. The molecule has 0 fully saturated rings. The lowest BCUT2D eigenvalue weighted by Gasteiger charge is -2.37. The summed E-state index contributed by atoms with van der Waals surface area (Å²) in [6, 6.07) is 48.3. The van der Waals surface area contributed by atoms with E-state index >= 15 is 0 Å². The summed E-state index contributed by atoms with van der Waals surface area (Å²) in [5.41, 5.74) is 9.66. The van der Waals surface area contributed by atoms with Crippen LogP contribution in [0.1, 0.15) is 11.9 Å². The van der Waals surface area contributed by atoms with Crippen molar-refractivity contribution in [1.82, 2.24) is 19.8 Å². The van der Waals surface area contributed by atoms with Gasteiger partial charge in [0.25, 0.3) is 0 Å². The largest absolute Gasteiger partial charge is 0.352 e. The van der Waals surface area contributed by atoms with Crippen LogP contribution in [0.3, 0.4) is 0 Å². The summed E-state index contributed by atoms with van der Waals surface area (Å²) in [5.74, 6) is 0. The monoisotopic (exact) mass is 590 g/mol. The molecule has 0 bridgehead atoms. The molecule has 2 unspecified atom stereocenters. The molecule has 218 valence electrons. The first kappa shape index (κ1) is 25.5. The van der Waals surface area contributed by atoms with Gasteiger partial charge in [0, 0.05) is 43.7 Å². The normalized spacial score (nSPS) is 17.8. The minimum atomic E-state index is -0.189. The van der Waals surface area contributed by atoms with Gasteiger partial charge < -0.3 is 14.5 Å². The Bertz CT molecular complexity index is 2580. The van der Waals surface area contributed by atoms with Crippen molar-refractivity contribution in [1.29, 1.82) is 0 Å². The van der Waals surface area contributed by atoms with E-state index in [2.05, 4.69) is 178 Å². The fourth-order valence-corrected chi connectivity index (χ4v) is 7.89. The maximum atomic E-state index is 3.98. The lowest BCUT2D eigenvalue weighted by molar-refractivity contribution is 0.363.